The molecule has 0 saturated carbocycles. The lowest BCUT2D eigenvalue weighted by atomic mass is 10.3. The van der Waals surface area contributed by atoms with E-state index in [0.29, 0.717) is 12.2 Å². The van der Waals surface area contributed by atoms with Gasteiger partial charge in [0.2, 0.25) is 0 Å². The number of H-pyrrole nitrogens is 1. The predicted molar refractivity (Wildman–Crippen MR) is 64.4 cm³/mol. The largest absolute Gasteiger partial charge is 0.469 e. The zero-order chi connectivity index (χ0) is 13.8. The van der Waals surface area contributed by atoms with Crippen molar-refractivity contribution in [2.45, 2.75) is 24.8 Å². The van der Waals surface area contributed by atoms with Crippen molar-refractivity contribution in [2.24, 2.45) is 0 Å². The number of imidazole rings is 1. The van der Waals surface area contributed by atoms with Gasteiger partial charge in [-0.05, 0) is 13.3 Å². The van der Waals surface area contributed by atoms with Crippen LogP contribution >= 0.6 is 0 Å². The number of carbonyl (C=O) groups is 1. The van der Waals surface area contributed by atoms with E-state index in [-0.39, 0.29) is 24.0 Å². The van der Waals surface area contributed by atoms with Crippen LogP contribution in [0.4, 0.5) is 0 Å². The minimum Gasteiger partial charge on any atom is -0.469 e. The number of carbonyl (C=O) groups excluding carboxylic acids is 1. The van der Waals surface area contributed by atoms with Gasteiger partial charge in [-0.2, -0.15) is 4.31 Å². The number of nitrogens with zero attached hydrogens (tertiary/aromatic N) is 2. The number of hydrogen-bond donors (Lipinski definition) is 1. The second kappa shape index (κ2) is 5.96. The first-order valence-corrected chi connectivity index (χ1v) is 6.86. The van der Waals surface area contributed by atoms with Crippen LogP contribution < -0.4 is 0 Å². The molecular weight excluding hydrogens is 258 g/mol. The standard InChI is InChI=1S/C10H17N3O4S/c1-8-11-7-9(12-8)18(15,16)13(2)6-4-5-10(14)17-3/h7H,4-6H2,1-3H3,(H,11,12). The van der Waals surface area contributed by atoms with Crippen molar-refractivity contribution < 1.29 is 17.9 Å². The Labute approximate surface area is 106 Å². The molecule has 0 spiro atoms. The van der Waals surface area contributed by atoms with Crippen molar-refractivity contribution in [1.82, 2.24) is 14.3 Å². The fourth-order valence-corrected chi connectivity index (χ4v) is 2.53. The Morgan fingerprint density at radius 1 is 1.56 bits per heavy atom. The maximum atomic E-state index is 12.0. The molecule has 0 aliphatic heterocycles. The van der Waals surface area contributed by atoms with Gasteiger partial charge in [-0.1, -0.05) is 0 Å². The fraction of sp³-hybridized carbons (Fsp3) is 0.600. The van der Waals surface area contributed by atoms with E-state index in [1.807, 2.05) is 0 Å². The van der Waals surface area contributed by atoms with Gasteiger partial charge in [0.05, 0.1) is 13.3 Å². The summed E-state index contributed by atoms with van der Waals surface area (Å²) in [6, 6.07) is 0. The molecule has 102 valence electrons. The Morgan fingerprint density at radius 2 is 2.22 bits per heavy atom. The summed E-state index contributed by atoms with van der Waals surface area (Å²) in [4.78, 5) is 17.4. The van der Waals surface area contributed by atoms with Gasteiger partial charge >= 0.3 is 5.97 Å². The van der Waals surface area contributed by atoms with Crippen LogP contribution in [0.3, 0.4) is 0 Å². The molecule has 1 rings (SSSR count). The molecule has 0 aliphatic rings. The first-order chi connectivity index (χ1) is 8.37. The van der Waals surface area contributed by atoms with Crippen LogP contribution in [0.15, 0.2) is 11.2 Å². The fourth-order valence-electron chi connectivity index (χ4n) is 1.37. The normalized spacial score (nSPS) is 11.8. The highest BCUT2D eigenvalue weighted by molar-refractivity contribution is 7.89. The number of aromatic amines is 1. The number of esters is 1. The molecule has 0 amide bonds. The number of methoxy groups -OCH3 is 1. The molecule has 0 fully saturated rings. The van der Waals surface area contributed by atoms with E-state index in [2.05, 4.69) is 14.7 Å². The highest BCUT2D eigenvalue weighted by Crippen LogP contribution is 2.12. The Bertz CT molecular complexity index is 509. The Morgan fingerprint density at radius 3 is 2.72 bits per heavy atom. The summed E-state index contributed by atoms with van der Waals surface area (Å²) in [5, 5.41) is 0.0561. The van der Waals surface area contributed by atoms with Gasteiger partial charge in [-0.25, -0.2) is 13.4 Å². The zero-order valence-electron chi connectivity index (χ0n) is 10.6. The molecule has 1 N–H and O–H groups in total. The van der Waals surface area contributed by atoms with Crippen LogP contribution in [-0.4, -0.2) is 49.4 Å². The van der Waals surface area contributed by atoms with Crippen LogP contribution in [0.25, 0.3) is 0 Å². The molecule has 0 bridgehead atoms. The number of aryl methyl sites for hydroxylation is 1. The lowest BCUT2D eigenvalue weighted by molar-refractivity contribution is -0.140. The maximum Gasteiger partial charge on any atom is 0.305 e. The number of ether oxygens (including phenoxy) is 1. The van der Waals surface area contributed by atoms with Crippen LogP contribution in [0.5, 0.6) is 0 Å². The molecular formula is C10H17N3O4S. The lowest BCUT2D eigenvalue weighted by Crippen LogP contribution is -2.28. The van der Waals surface area contributed by atoms with Crippen LogP contribution in [0.1, 0.15) is 18.7 Å². The Hall–Kier alpha value is -1.41. The van der Waals surface area contributed by atoms with Crippen molar-refractivity contribution in [3.05, 3.63) is 12.0 Å². The van der Waals surface area contributed by atoms with E-state index in [4.69, 9.17) is 0 Å². The van der Waals surface area contributed by atoms with Gasteiger partial charge in [0, 0.05) is 20.0 Å². The first kappa shape index (κ1) is 14.7. The average Bonchev–Trinajstić information content (AvgIpc) is 2.76. The number of rotatable bonds is 6. The highest BCUT2D eigenvalue weighted by atomic mass is 32.2. The topological polar surface area (TPSA) is 92.4 Å². The molecule has 0 radical (unpaired) electrons. The van der Waals surface area contributed by atoms with Crippen molar-refractivity contribution in [2.75, 3.05) is 20.7 Å². The highest BCUT2D eigenvalue weighted by Gasteiger charge is 2.22. The Balaban J connectivity index is 2.60. The first-order valence-electron chi connectivity index (χ1n) is 5.42. The van der Waals surface area contributed by atoms with E-state index in [1.54, 1.807) is 6.92 Å². The molecule has 8 heteroatoms. The molecule has 1 aromatic rings. The molecule has 0 atom stereocenters. The number of aromatic nitrogens is 2. The third-order valence-electron chi connectivity index (χ3n) is 2.45. The van der Waals surface area contributed by atoms with E-state index >= 15 is 0 Å². The van der Waals surface area contributed by atoms with Crippen LogP contribution in [0, 0.1) is 6.92 Å². The van der Waals surface area contributed by atoms with Gasteiger partial charge in [0.1, 0.15) is 5.82 Å². The summed E-state index contributed by atoms with van der Waals surface area (Å²) < 4.78 is 29.7. The summed E-state index contributed by atoms with van der Waals surface area (Å²) in [6.45, 7) is 1.92. The summed E-state index contributed by atoms with van der Waals surface area (Å²) in [5.74, 6) is 0.190. The summed E-state index contributed by atoms with van der Waals surface area (Å²) >= 11 is 0. The predicted octanol–water partition coefficient (Wildman–Crippen LogP) is 0.292. The van der Waals surface area contributed by atoms with E-state index in [0.717, 1.165) is 0 Å². The van der Waals surface area contributed by atoms with E-state index in [1.165, 1.54) is 24.7 Å². The second-order valence-electron chi connectivity index (χ2n) is 3.84. The average molecular weight is 275 g/mol. The monoisotopic (exact) mass is 275 g/mol. The van der Waals surface area contributed by atoms with Gasteiger partial charge in [0.15, 0.2) is 5.03 Å². The quantitative estimate of drug-likeness (QED) is 0.753. The van der Waals surface area contributed by atoms with Crippen LogP contribution in [0.2, 0.25) is 0 Å². The third-order valence-corrected chi connectivity index (χ3v) is 4.22. The SMILES string of the molecule is COC(=O)CCCN(C)S(=O)(=O)c1cnc(C)[nH]1. The molecule has 18 heavy (non-hydrogen) atoms. The molecule has 1 heterocycles. The number of sulfonamides is 1. The van der Waals surface area contributed by atoms with E-state index in [9.17, 15) is 13.2 Å². The third kappa shape index (κ3) is 3.54. The van der Waals surface area contributed by atoms with Crippen molar-refractivity contribution in [3.63, 3.8) is 0 Å². The number of nitrogens with one attached hydrogen (secondary N) is 1. The molecule has 1 aromatic heterocycles. The zero-order valence-corrected chi connectivity index (χ0v) is 11.5. The van der Waals surface area contributed by atoms with Gasteiger partial charge < -0.3 is 9.72 Å². The molecule has 7 nitrogen and oxygen atoms in total. The minimum atomic E-state index is -3.56. The summed E-state index contributed by atoms with van der Waals surface area (Å²) in [5.41, 5.74) is 0. The van der Waals surface area contributed by atoms with Crippen molar-refractivity contribution in [1.29, 1.82) is 0 Å². The summed E-state index contributed by atoms with van der Waals surface area (Å²) in [6.07, 6.45) is 1.88. The summed E-state index contributed by atoms with van der Waals surface area (Å²) in [7, 11) is -0.797. The van der Waals surface area contributed by atoms with Gasteiger partial charge in [-0.3, -0.25) is 4.79 Å². The minimum absolute atomic E-state index is 0.0561. The smallest absolute Gasteiger partial charge is 0.305 e. The molecule has 0 aliphatic carbocycles. The van der Waals surface area contributed by atoms with Crippen LogP contribution in [-0.2, 0) is 19.6 Å². The second-order valence-corrected chi connectivity index (χ2v) is 5.85. The van der Waals surface area contributed by atoms with Crippen molar-refractivity contribution >= 4 is 16.0 Å². The van der Waals surface area contributed by atoms with E-state index < -0.39 is 10.0 Å². The lowest BCUT2D eigenvalue weighted by Gasteiger charge is -2.15. The molecule has 0 unspecified atom stereocenters. The Kier molecular flexibility index (Phi) is 4.85. The number of hydrogen-bond acceptors (Lipinski definition) is 5. The van der Waals surface area contributed by atoms with Gasteiger partial charge in [0.25, 0.3) is 10.0 Å². The van der Waals surface area contributed by atoms with Gasteiger partial charge in [-0.15, -0.1) is 0 Å². The molecule has 0 saturated heterocycles. The van der Waals surface area contributed by atoms with Crippen molar-refractivity contribution in [3.8, 4) is 0 Å². The maximum absolute atomic E-state index is 12.0. The molecule has 0 aromatic carbocycles.